The molecule has 21 rings (SSSR count). The Morgan fingerprint density at radius 1 is 0.378 bits per heavy atom. The predicted molar refractivity (Wildman–Crippen MR) is 540 cm³/mol. The summed E-state index contributed by atoms with van der Waals surface area (Å²) in [5, 5.41) is 9.02. The lowest BCUT2D eigenvalue weighted by molar-refractivity contribution is -0.130. The average Bonchev–Trinajstić information content (AvgIpc) is 1.63. The van der Waals surface area contributed by atoms with Gasteiger partial charge in [0.05, 0.1) is 32.2 Å². The van der Waals surface area contributed by atoms with Crippen LogP contribution in [0.5, 0.6) is 5.75 Å². The maximum absolute atomic E-state index is 14.7. The number of ether oxygens (including phenoxy) is 5. The lowest BCUT2D eigenvalue weighted by atomic mass is 9.92. The van der Waals surface area contributed by atoms with Gasteiger partial charge in [-0.05, 0) is 235 Å². The van der Waals surface area contributed by atoms with Crippen molar-refractivity contribution < 1.29 is 52.0 Å². The SMILES string of the molecule is CC(=O)N1CCc2c([nH]c3ccc(Br)cc23)C1c1cccc(Cl)c1.CCCOC(=O)N1CCc2c([nH]c3ccc(Cl)cc23)C1c1ccccc1F.CCOC(=O)N1CCc2c([nH]c3ccc(Cl)cc23)C1c1ccc(OCc2ccccc2)cc1.COC(=O)N1CCc2c([nH]c3ccc(Cl)cc23)C1c1ccccc1.O=C(OCCCl)N1CCc2c([nH]c3ccc(Cl)cc23)C1c1cccc(Br)c1. The molecule has 20 nitrogen and oxygen atoms in total. The highest BCUT2D eigenvalue weighted by Gasteiger charge is 2.42. The molecule has 5 atom stereocenters. The molecule has 0 fully saturated rings. The normalized spacial score (nSPS) is 16.4. The van der Waals surface area contributed by atoms with Crippen molar-refractivity contribution in [3.8, 4) is 5.75 Å². The van der Waals surface area contributed by atoms with E-state index in [0.717, 1.165) is 163 Å². The molecule has 10 heterocycles. The zero-order valence-corrected chi connectivity index (χ0v) is 81.8. The first-order chi connectivity index (χ1) is 65.5. The maximum Gasteiger partial charge on any atom is 0.410 e. The van der Waals surface area contributed by atoms with Crippen LogP contribution in [0.25, 0.3) is 54.5 Å². The average molecular weight is 2060 g/mol. The van der Waals surface area contributed by atoms with Crippen molar-refractivity contribution >= 4 is 186 Å². The van der Waals surface area contributed by atoms with Crippen LogP contribution in [0.4, 0.5) is 23.6 Å². The van der Waals surface area contributed by atoms with Crippen molar-refractivity contribution in [1.82, 2.24) is 49.4 Å². The second kappa shape index (κ2) is 42.6. The summed E-state index contributed by atoms with van der Waals surface area (Å²) in [6.45, 7) is 9.67. The second-order valence-corrected chi connectivity index (χ2v) is 37.6. The molecule has 0 saturated carbocycles. The Labute approximate surface area is 826 Å². The summed E-state index contributed by atoms with van der Waals surface area (Å²) in [5.74, 6) is 0.785. The summed E-state index contributed by atoms with van der Waals surface area (Å²) in [5.41, 5.74) is 21.7. The van der Waals surface area contributed by atoms with Gasteiger partial charge in [0.25, 0.3) is 0 Å². The van der Waals surface area contributed by atoms with E-state index in [1.165, 1.54) is 40.8 Å². The standard InChI is InChI=1S/C27H25ClN2O3.C21H20ClFN2O2.C20H17BrCl2N2O2.C19H16BrClN2O.C19H17ClN2O2/c1-2-32-27(31)30-15-14-22-23-16-20(28)10-13-24(23)29-25(22)26(30)19-8-11-21(12-9-19)33-17-18-6-4-3-5-7-18;1-2-11-27-21(26)25-10-9-14-16-12-13(22)7-8-18(16)24-19(14)20(25)15-5-3-4-6-17(15)23;21-13-3-1-2-12(10-13)19-18-15(6-8-25(19)20(26)27-9-7-22)16-11-14(23)4-5-17(16)24-18;1-11(24)23-8-7-15-16-10-13(20)5-6-17(16)22-18(15)19(23)12-3-2-4-14(21)9-12;1-24-19(23)22-10-9-14-15-11-13(20)7-8-16(15)21-17(14)18(22)12-5-3-2-4-6-12/h3-13,16,26,29H,2,14-15,17H2,1H3;3-8,12,20,24H,2,9-11H2,1H3;1-5,10-11,19,24H,6-9H2;2-6,9-10,19,22H,7-8H2,1H3;2-8,11,18,21H,9-10H2,1H3. The molecule has 5 N–H and O–H groups in total. The van der Waals surface area contributed by atoms with Crippen LogP contribution in [0.2, 0.25) is 25.1 Å². The topological polar surface area (TPSA) is 227 Å². The van der Waals surface area contributed by atoms with Gasteiger partial charge >= 0.3 is 24.4 Å². The van der Waals surface area contributed by atoms with E-state index in [1.807, 2.05) is 231 Å². The number of aromatic nitrogens is 5. The molecule has 5 aliphatic heterocycles. The molecule has 16 aromatic rings. The minimum Gasteiger partial charge on any atom is -0.489 e. The van der Waals surface area contributed by atoms with Gasteiger partial charge in [-0.15, -0.1) is 11.6 Å². The van der Waals surface area contributed by atoms with Gasteiger partial charge in [0.2, 0.25) is 5.91 Å². The van der Waals surface area contributed by atoms with Crippen LogP contribution in [-0.2, 0) is 62.5 Å². The number of rotatable bonds is 13. The van der Waals surface area contributed by atoms with E-state index in [1.54, 1.807) is 44.7 Å². The van der Waals surface area contributed by atoms with Gasteiger partial charge < -0.3 is 53.5 Å². The van der Waals surface area contributed by atoms with Crippen molar-refractivity contribution in [3.63, 3.8) is 0 Å². The van der Waals surface area contributed by atoms with Crippen LogP contribution in [0.1, 0.15) is 147 Å². The molecule has 29 heteroatoms. The molecule has 0 bridgehead atoms. The summed E-state index contributed by atoms with van der Waals surface area (Å²) in [6.07, 6.45) is 3.08. The highest BCUT2D eigenvalue weighted by atomic mass is 79.9. The van der Waals surface area contributed by atoms with E-state index >= 15 is 0 Å². The van der Waals surface area contributed by atoms with E-state index < -0.39 is 12.1 Å². The van der Waals surface area contributed by atoms with Gasteiger partial charge in [-0.1, -0.05) is 212 Å². The third-order valence-corrected chi connectivity index (χ3v) is 27.4. The van der Waals surface area contributed by atoms with E-state index in [9.17, 15) is 28.4 Å². The number of fused-ring (bicyclic) bond motifs is 15. The van der Waals surface area contributed by atoms with Gasteiger partial charge in [0, 0.05) is 162 Å². The number of carbonyl (C=O) groups excluding carboxylic acids is 5. The molecule has 0 radical (unpaired) electrons. The van der Waals surface area contributed by atoms with Crippen LogP contribution >= 0.6 is 101 Å². The number of amides is 5. The second-order valence-electron chi connectivity index (χ2n) is 33.3. The number of nitrogens with one attached hydrogen (secondary N) is 5. The first-order valence-corrected chi connectivity index (χ1v) is 48.6. The van der Waals surface area contributed by atoms with Crippen LogP contribution < -0.4 is 4.74 Å². The zero-order valence-electron chi connectivity index (χ0n) is 74.1. The van der Waals surface area contributed by atoms with Gasteiger partial charge in [0.15, 0.2) is 0 Å². The van der Waals surface area contributed by atoms with Crippen LogP contribution in [0.15, 0.2) is 258 Å². The van der Waals surface area contributed by atoms with E-state index in [0.29, 0.717) is 84.6 Å². The van der Waals surface area contributed by atoms with E-state index in [2.05, 4.69) is 68.9 Å². The lowest BCUT2D eigenvalue weighted by Crippen LogP contribution is -2.41. The molecule has 692 valence electrons. The number of hydrogen-bond acceptors (Lipinski definition) is 10. The van der Waals surface area contributed by atoms with Crippen molar-refractivity contribution in [3.05, 3.63) is 378 Å². The van der Waals surface area contributed by atoms with Crippen LogP contribution in [0, 0.1) is 5.82 Å². The summed E-state index contributed by atoms with van der Waals surface area (Å²) < 4.78 is 43.7. The van der Waals surface area contributed by atoms with Gasteiger partial charge in [-0.3, -0.25) is 24.4 Å². The van der Waals surface area contributed by atoms with Gasteiger partial charge in [-0.25, -0.2) is 23.6 Å². The fourth-order valence-corrected chi connectivity index (χ4v) is 20.9. The van der Waals surface area contributed by atoms with Crippen LogP contribution in [-0.4, -0.2) is 145 Å². The number of aromatic amines is 5. The third kappa shape index (κ3) is 20.5. The summed E-state index contributed by atoms with van der Waals surface area (Å²) in [6, 6.07) is 78.3. The fraction of sp³-hybridized carbons (Fsp3) is 0.236. The minimum atomic E-state index is -0.564. The highest BCUT2D eigenvalue weighted by Crippen LogP contribution is 2.47. The van der Waals surface area contributed by atoms with Crippen molar-refractivity contribution in [2.24, 2.45) is 0 Å². The Bertz CT molecular complexity index is 7060. The fourth-order valence-electron chi connectivity index (χ4n) is 19.1. The monoisotopic (exact) mass is 2050 g/mol. The lowest BCUT2D eigenvalue weighted by Gasteiger charge is -2.35. The summed E-state index contributed by atoms with van der Waals surface area (Å²) in [7, 11) is 1.42. The molecular formula is C106H95Br2Cl6FN10O10. The Hall–Kier alpha value is -11.9. The first kappa shape index (κ1) is 94.8. The van der Waals surface area contributed by atoms with Crippen molar-refractivity contribution in [2.45, 2.75) is 96.1 Å². The Morgan fingerprint density at radius 2 is 0.748 bits per heavy atom. The quantitative estimate of drug-likeness (QED) is 0.0542. The number of hydrogen-bond donors (Lipinski definition) is 5. The molecule has 0 aliphatic carbocycles. The molecule has 5 amide bonds. The molecule has 5 unspecified atom stereocenters. The van der Waals surface area contributed by atoms with Crippen molar-refractivity contribution in [2.75, 3.05) is 65.5 Å². The summed E-state index contributed by atoms with van der Waals surface area (Å²) >= 11 is 43.8. The van der Waals surface area contributed by atoms with Gasteiger partial charge in [0.1, 0.15) is 48.9 Å². The van der Waals surface area contributed by atoms with Gasteiger partial charge in [-0.2, -0.15) is 0 Å². The number of benzene rings is 11. The van der Waals surface area contributed by atoms with Crippen LogP contribution in [0.3, 0.4) is 0 Å². The van der Waals surface area contributed by atoms with E-state index in [-0.39, 0.29) is 66.7 Å². The molecular weight excluding hydrogens is 1960 g/mol. The maximum atomic E-state index is 14.7. The number of halogens is 9. The molecule has 0 saturated heterocycles. The highest BCUT2D eigenvalue weighted by molar-refractivity contribution is 9.10. The molecule has 135 heavy (non-hydrogen) atoms. The Morgan fingerprint density at radius 3 is 1.20 bits per heavy atom. The first-order valence-electron chi connectivity index (χ1n) is 44.6. The Kier molecular flexibility index (Phi) is 29.9. The smallest absolute Gasteiger partial charge is 0.410 e. The van der Waals surface area contributed by atoms with E-state index in [4.69, 9.17) is 93.3 Å². The summed E-state index contributed by atoms with van der Waals surface area (Å²) in [4.78, 5) is 89.0. The number of carbonyl (C=O) groups is 5. The predicted octanol–water partition coefficient (Wildman–Crippen LogP) is 27.5. The largest absolute Gasteiger partial charge is 0.489 e. The number of nitrogens with zero attached hydrogens (tertiary/aromatic N) is 5. The number of methoxy groups -OCH3 is 1. The molecule has 0 spiro atoms. The number of H-pyrrole nitrogens is 5. The third-order valence-electron chi connectivity index (χ3n) is 25.1. The minimum absolute atomic E-state index is 0.0745. The molecule has 11 aromatic carbocycles. The Balaban J connectivity index is 0.000000118. The molecule has 5 aromatic heterocycles. The molecule has 5 aliphatic rings. The number of alkyl halides is 1. The zero-order chi connectivity index (χ0) is 94.2. The van der Waals surface area contributed by atoms with Crippen molar-refractivity contribution in [1.29, 1.82) is 0 Å².